The molecule has 0 spiro atoms. The first-order valence-electron chi connectivity index (χ1n) is 6.71. The molecule has 2 rings (SSSR count). The maximum atomic E-state index is 12.3. The van der Waals surface area contributed by atoms with Crippen molar-refractivity contribution >= 4 is 17.5 Å². The monoisotopic (exact) mass is 297 g/mol. The van der Waals surface area contributed by atoms with E-state index in [4.69, 9.17) is 21.1 Å². The summed E-state index contributed by atoms with van der Waals surface area (Å²) in [6.45, 7) is 0.666. The Kier molecular flexibility index (Phi) is 4.76. The van der Waals surface area contributed by atoms with Crippen molar-refractivity contribution in [3.05, 3.63) is 23.8 Å². The number of carbonyl (C=O) groups excluding carboxylic acids is 1. The first-order valence-corrected chi connectivity index (χ1v) is 7.24. The quantitative estimate of drug-likeness (QED) is 0.787. The van der Waals surface area contributed by atoms with E-state index in [0.29, 0.717) is 29.5 Å². The number of nitrogens with one attached hydrogen (secondary N) is 1. The van der Waals surface area contributed by atoms with E-state index in [1.807, 2.05) is 0 Å². The zero-order valence-electron chi connectivity index (χ0n) is 11.9. The summed E-state index contributed by atoms with van der Waals surface area (Å²) in [6, 6.07) is 5.28. The molecule has 1 aliphatic carbocycles. The Morgan fingerprint density at radius 2 is 2.10 bits per heavy atom. The Labute approximate surface area is 124 Å². The van der Waals surface area contributed by atoms with Gasteiger partial charge in [-0.15, -0.1) is 11.6 Å². The number of halogens is 1. The van der Waals surface area contributed by atoms with Gasteiger partial charge in [-0.3, -0.25) is 4.79 Å². The predicted octanol–water partition coefficient (Wildman–Crippen LogP) is 2.84. The second-order valence-corrected chi connectivity index (χ2v) is 5.54. The Hall–Kier alpha value is -1.42. The lowest BCUT2D eigenvalue weighted by atomic mass is 10.0. The van der Waals surface area contributed by atoms with E-state index in [0.717, 1.165) is 19.3 Å². The number of amides is 1. The van der Waals surface area contributed by atoms with E-state index in [2.05, 4.69) is 5.32 Å². The number of rotatable bonds is 7. The number of para-hydroxylation sites is 1. The molecule has 1 saturated carbocycles. The highest BCUT2D eigenvalue weighted by Gasteiger charge is 2.41. The molecule has 0 bridgehead atoms. The predicted molar refractivity (Wildman–Crippen MR) is 78.9 cm³/mol. The lowest BCUT2D eigenvalue weighted by molar-refractivity contribution is 0.0940. The average molecular weight is 298 g/mol. The lowest BCUT2D eigenvalue weighted by Gasteiger charge is -2.16. The van der Waals surface area contributed by atoms with E-state index in [9.17, 15) is 4.79 Å². The molecule has 0 aliphatic heterocycles. The normalized spacial score (nSPS) is 15.6. The average Bonchev–Trinajstić information content (AvgIpc) is 3.24. The van der Waals surface area contributed by atoms with E-state index >= 15 is 0 Å². The van der Waals surface area contributed by atoms with Gasteiger partial charge >= 0.3 is 0 Å². The van der Waals surface area contributed by atoms with E-state index < -0.39 is 0 Å². The van der Waals surface area contributed by atoms with E-state index in [1.54, 1.807) is 25.3 Å². The van der Waals surface area contributed by atoms with Crippen molar-refractivity contribution in [3.63, 3.8) is 0 Å². The third-order valence-corrected chi connectivity index (χ3v) is 4.04. The van der Waals surface area contributed by atoms with Crippen LogP contribution >= 0.6 is 11.6 Å². The zero-order valence-corrected chi connectivity index (χ0v) is 12.6. The smallest absolute Gasteiger partial charge is 0.255 e. The fourth-order valence-corrected chi connectivity index (χ4v) is 2.72. The molecule has 0 heterocycles. The summed E-state index contributed by atoms with van der Waals surface area (Å²) in [6.07, 6.45) is 3.22. The maximum Gasteiger partial charge on any atom is 0.255 e. The molecular formula is C15H20ClNO3. The lowest BCUT2D eigenvalue weighted by Crippen LogP contribution is -2.30. The number of hydrogen-bond acceptors (Lipinski definition) is 3. The minimum atomic E-state index is -0.137. The van der Waals surface area contributed by atoms with Crippen LogP contribution in [0.3, 0.4) is 0 Å². The van der Waals surface area contributed by atoms with Crippen LogP contribution in [0.4, 0.5) is 0 Å². The van der Waals surface area contributed by atoms with Crippen molar-refractivity contribution in [1.29, 1.82) is 0 Å². The molecule has 4 nitrogen and oxygen atoms in total. The van der Waals surface area contributed by atoms with Gasteiger partial charge in [-0.05, 0) is 36.8 Å². The number of hydrogen-bond donors (Lipinski definition) is 1. The van der Waals surface area contributed by atoms with Crippen LogP contribution in [0.25, 0.3) is 0 Å². The minimum Gasteiger partial charge on any atom is -0.493 e. The molecule has 5 heteroatoms. The fourth-order valence-electron chi connectivity index (χ4n) is 2.32. The number of ether oxygens (including phenoxy) is 2. The standard InChI is InChI=1S/C15H20ClNO3/c1-19-12-5-3-4-11(13(12)20-2)14(18)17-10-15(6-7-15)8-9-16/h3-5H,6-10H2,1-2H3,(H,17,18). The zero-order chi connectivity index (χ0) is 14.6. The highest BCUT2D eigenvalue weighted by Crippen LogP contribution is 2.48. The van der Waals surface area contributed by atoms with Gasteiger partial charge in [0.05, 0.1) is 19.8 Å². The van der Waals surface area contributed by atoms with Crippen LogP contribution < -0.4 is 14.8 Å². The topological polar surface area (TPSA) is 47.6 Å². The van der Waals surface area contributed by atoms with Crippen molar-refractivity contribution < 1.29 is 14.3 Å². The summed E-state index contributed by atoms with van der Waals surface area (Å²) in [7, 11) is 3.09. The van der Waals surface area contributed by atoms with Gasteiger partial charge in [-0.25, -0.2) is 0 Å². The van der Waals surface area contributed by atoms with Gasteiger partial charge in [0.15, 0.2) is 11.5 Å². The Morgan fingerprint density at radius 3 is 2.65 bits per heavy atom. The summed E-state index contributed by atoms with van der Waals surface area (Å²) in [5.74, 6) is 1.52. The number of carbonyl (C=O) groups is 1. The first-order chi connectivity index (χ1) is 9.65. The summed E-state index contributed by atoms with van der Waals surface area (Å²) < 4.78 is 10.5. The van der Waals surface area contributed by atoms with E-state index in [-0.39, 0.29) is 11.3 Å². The molecule has 110 valence electrons. The molecule has 0 unspecified atom stereocenters. The van der Waals surface area contributed by atoms with Crippen LogP contribution in [0.1, 0.15) is 29.6 Å². The van der Waals surface area contributed by atoms with Gasteiger partial charge < -0.3 is 14.8 Å². The van der Waals surface area contributed by atoms with Gasteiger partial charge in [0.2, 0.25) is 0 Å². The largest absolute Gasteiger partial charge is 0.493 e. The second-order valence-electron chi connectivity index (χ2n) is 5.16. The summed E-state index contributed by atoms with van der Waals surface area (Å²) in [5, 5.41) is 2.98. The van der Waals surface area contributed by atoms with Crippen LogP contribution in [0.2, 0.25) is 0 Å². The van der Waals surface area contributed by atoms with Gasteiger partial charge in [0.1, 0.15) is 0 Å². The molecule has 1 aliphatic rings. The summed E-state index contributed by atoms with van der Waals surface area (Å²) in [4.78, 5) is 12.3. The third kappa shape index (κ3) is 3.18. The molecule has 1 aromatic rings. The molecule has 0 aromatic heterocycles. The highest BCUT2D eigenvalue weighted by atomic mass is 35.5. The summed E-state index contributed by atoms with van der Waals surface area (Å²) in [5.41, 5.74) is 0.706. The van der Waals surface area contributed by atoms with E-state index in [1.165, 1.54) is 7.11 Å². The Morgan fingerprint density at radius 1 is 1.35 bits per heavy atom. The van der Waals surface area contributed by atoms with Crippen molar-refractivity contribution in [2.24, 2.45) is 5.41 Å². The molecule has 0 saturated heterocycles. The van der Waals surface area contributed by atoms with Crippen molar-refractivity contribution in [2.75, 3.05) is 26.6 Å². The third-order valence-electron chi connectivity index (χ3n) is 3.85. The minimum absolute atomic E-state index is 0.137. The summed E-state index contributed by atoms with van der Waals surface area (Å²) >= 11 is 5.80. The maximum absolute atomic E-state index is 12.3. The molecule has 1 N–H and O–H groups in total. The van der Waals surface area contributed by atoms with Crippen LogP contribution in [-0.2, 0) is 0 Å². The van der Waals surface area contributed by atoms with Crippen LogP contribution in [0.15, 0.2) is 18.2 Å². The molecule has 1 fully saturated rings. The Balaban J connectivity index is 2.06. The van der Waals surface area contributed by atoms with Crippen LogP contribution in [-0.4, -0.2) is 32.6 Å². The van der Waals surface area contributed by atoms with Crippen molar-refractivity contribution in [2.45, 2.75) is 19.3 Å². The van der Waals surface area contributed by atoms with Crippen molar-refractivity contribution in [1.82, 2.24) is 5.32 Å². The number of benzene rings is 1. The fraction of sp³-hybridized carbons (Fsp3) is 0.533. The Bertz CT molecular complexity index is 486. The van der Waals surface area contributed by atoms with Gasteiger partial charge in [-0.1, -0.05) is 6.07 Å². The van der Waals surface area contributed by atoms with Crippen LogP contribution in [0, 0.1) is 5.41 Å². The molecule has 0 radical (unpaired) electrons. The highest BCUT2D eigenvalue weighted by molar-refractivity contribution is 6.17. The first kappa shape index (κ1) is 15.0. The molecular weight excluding hydrogens is 278 g/mol. The van der Waals surface area contributed by atoms with Gasteiger partial charge in [0, 0.05) is 12.4 Å². The number of alkyl halides is 1. The van der Waals surface area contributed by atoms with Gasteiger partial charge in [0.25, 0.3) is 5.91 Å². The van der Waals surface area contributed by atoms with Gasteiger partial charge in [-0.2, -0.15) is 0 Å². The molecule has 20 heavy (non-hydrogen) atoms. The number of methoxy groups -OCH3 is 2. The van der Waals surface area contributed by atoms with Crippen LogP contribution in [0.5, 0.6) is 11.5 Å². The molecule has 1 amide bonds. The molecule has 0 atom stereocenters. The second kappa shape index (κ2) is 6.35. The SMILES string of the molecule is COc1cccc(C(=O)NCC2(CCCl)CC2)c1OC. The van der Waals surface area contributed by atoms with Crippen molar-refractivity contribution in [3.8, 4) is 11.5 Å². The molecule has 1 aromatic carbocycles.